The predicted molar refractivity (Wildman–Crippen MR) is 56.6 cm³/mol. The number of nitrogens with two attached hydrogens (primary N) is 1. The summed E-state index contributed by atoms with van der Waals surface area (Å²) in [5.41, 5.74) is 7.09. The second kappa shape index (κ2) is 4.82. The summed E-state index contributed by atoms with van der Waals surface area (Å²) >= 11 is 0. The topological polar surface area (TPSA) is 76.1 Å². The van der Waals surface area contributed by atoms with Gasteiger partial charge in [-0.3, -0.25) is 0 Å². The summed E-state index contributed by atoms with van der Waals surface area (Å²) in [4.78, 5) is 10.8. The van der Waals surface area contributed by atoms with Crippen molar-refractivity contribution in [1.82, 2.24) is 0 Å². The average molecular weight is 202 g/mol. The van der Waals surface area contributed by atoms with Crippen LogP contribution in [0.25, 0.3) is 6.08 Å². The van der Waals surface area contributed by atoms with Crippen LogP contribution in [0.3, 0.4) is 0 Å². The molecule has 0 aromatic heterocycles. The Balaban J connectivity index is 2.94. The van der Waals surface area contributed by atoms with Gasteiger partial charge in [0.1, 0.15) is 6.07 Å². The molecule has 0 amide bonds. The first-order valence-electron chi connectivity index (χ1n) is 4.23. The van der Waals surface area contributed by atoms with Crippen molar-refractivity contribution in [3.63, 3.8) is 0 Å². The van der Waals surface area contributed by atoms with Crippen LogP contribution < -0.4 is 5.73 Å². The maximum absolute atomic E-state index is 10.8. The lowest BCUT2D eigenvalue weighted by Gasteiger charge is -1.98. The number of methoxy groups -OCH3 is 1. The van der Waals surface area contributed by atoms with Gasteiger partial charge >= 0.3 is 5.97 Å². The molecule has 0 aliphatic rings. The number of nitriles is 1. The van der Waals surface area contributed by atoms with Crippen molar-refractivity contribution >= 4 is 17.7 Å². The van der Waals surface area contributed by atoms with Crippen molar-refractivity contribution in [3.05, 3.63) is 35.4 Å². The molecule has 0 atom stereocenters. The van der Waals surface area contributed by atoms with Gasteiger partial charge in [-0.15, -0.1) is 0 Å². The lowest BCUT2D eigenvalue weighted by molar-refractivity contribution is -0.134. The van der Waals surface area contributed by atoms with Gasteiger partial charge < -0.3 is 10.5 Å². The van der Waals surface area contributed by atoms with E-state index in [1.807, 2.05) is 6.07 Å². The molecule has 0 bridgehead atoms. The van der Waals surface area contributed by atoms with E-state index in [2.05, 4.69) is 4.74 Å². The fourth-order valence-corrected chi connectivity index (χ4v) is 1.01. The maximum atomic E-state index is 10.8. The zero-order valence-corrected chi connectivity index (χ0v) is 8.23. The van der Waals surface area contributed by atoms with Gasteiger partial charge in [0.05, 0.1) is 12.7 Å². The normalized spacial score (nSPS) is 9.87. The first-order valence-corrected chi connectivity index (χ1v) is 4.23. The number of esters is 1. The van der Waals surface area contributed by atoms with Crippen LogP contribution in [0.1, 0.15) is 11.1 Å². The molecule has 0 unspecified atom stereocenters. The molecule has 0 aliphatic carbocycles. The Morgan fingerprint density at radius 1 is 1.60 bits per heavy atom. The second-order valence-electron chi connectivity index (χ2n) is 2.81. The zero-order chi connectivity index (χ0) is 11.3. The molecule has 0 spiro atoms. The highest BCUT2D eigenvalue weighted by atomic mass is 16.5. The van der Waals surface area contributed by atoms with E-state index >= 15 is 0 Å². The number of carbonyl (C=O) groups is 1. The molecule has 2 N–H and O–H groups in total. The number of rotatable bonds is 2. The molecule has 0 heterocycles. The lowest BCUT2D eigenvalue weighted by atomic mass is 10.1. The van der Waals surface area contributed by atoms with Crippen LogP contribution in [0.15, 0.2) is 24.3 Å². The molecule has 1 aromatic rings. The average Bonchev–Trinajstić information content (AvgIpc) is 2.27. The Morgan fingerprint density at radius 2 is 2.33 bits per heavy atom. The third-order valence-corrected chi connectivity index (χ3v) is 1.81. The Bertz CT molecular complexity index is 444. The van der Waals surface area contributed by atoms with Crippen molar-refractivity contribution in [2.75, 3.05) is 12.8 Å². The molecule has 4 nitrogen and oxygen atoms in total. The highest BCUT2D eigenvalue weighted by Crippen LogP contribution is 2.13. The molecular formula is C11H10N2O2. The van der Waals surface area contributed by atoms with Crippen molar-refractivity contribution in [2.24, 2.45) is 0 Å². The summed E-state index contributed by atoms with van der Waals surface area (Å²) in [5.74, 6) is -0.440. The Kier molecular flexibility index (Phi) is 3.47. The number of nitrogen functional groups attached to an aromatic ring is 1. The number of hydrogen-bond donors (Lipinski definition) is 1. The van der Waals surface area contributed by atoms with E-state index in [9.17, 15) is 4.79 Å². The zero-order valence-electron chi connectivity index (χ0n) is 8.23. The van der Waals surface area contributed by atoms with Gasteiger partial charge in [0.15, 0.2) is 0 Å². The quantitative estimate of drug-likeness (QED) is 0.446. The summed E-state index contributed by atoms with van der Waals surface area (Å²) in [6.45, 7) is 0. The summed E-state index contributed by atoms with van der Waals surface area (Å²) in [6.07, 6.45) is 2.85. The molecule has 76 valence electrons. The molecule has 0 radical (unpaired) electrons. The second-order valence-corrected chi connectivity index (χ2v) is 2.81. The number of benzene rings is 1. The molecule has 1 rings (SSSR count). The summed E-state index contributed by atoms with van der Waals surface area (Å²) in [6, 6.07) is 6.91. The van der Waals surface area contributed by atoms with E-state index < -0.39 is 5.97 Å². The van der Waals surface area contributed by atoms with Crippen LogP contribution in [0.5, 0.6) is 0 Å². The molecule has 0 aliphatic heterocycles. The van der Waals surface area contributed by atoms with Crippen molar-refractivity contribution in [2.45, 2.75) is 0 Å². The Labute approximate surface area is 87.6 Å². The summed E-state index contributed by atoms with van der Waals surface area (Å²) < 4.78 is 4.44. The van der Waals surface area contributed by atoms with Crippen LogP contribution in [0.2, 0.25) is 0 Å². The molecule has 15 heavy (non-hydrogen) atoms. The Hall–Kier alpha value is -2.28. The fraction of sp³-hybridized carbons (Fsp3) is 0.0909. The molecule has 0 saturated heterocycles. The molecular weight excluding hydrogens is 192 g/mol. The highest BCUT2D eigenvalue weighted by molar-refractivity contribution is 5.87. The third-order valence-electron chi connectivity index (χ3n) is 1.81. The van der Waals surface area contributed by atoms with E-state index in [0.717, 1.165) is 5.56 Å². The minimum atomic E-state index is -0.440. The van der Waals surface area contributed by atoms with E-state index in [1.54, 1.807) is 24.3 Å². The van der Waals surface area contributed by atoms with Crippen molar-refractivity contribution in [1.29, 1.82) is 5.26 Å². The SMILES string of the molecule is COC(=O)C=Cc1ccc(N)c(C#N)c1. The first-order chi connectivity index (χ1) is 7.17. The van der Waals surface area contributed by atoms with E-state index in [-0.39, 0.29) is 0 Å². The number of hydrogen-bond acceptors (Lipinski definition) is 4. The standard InChI is InChI=1S/C11H10N2O2/c1-15-11(14)5-3-8-2-4-10(13)9(6-8)7-12/h2-6H,13H2,1H3. The van der Waals surface area contributed by atoms with Crippen molar-refractivity contribution in [3.8, 4) is 6.07 Å². The summed E-state index contributed by atoms with van der Waals surface area (Å²) in [5, 5.41) is 8.72. The monoisotopic (exact) mass is 202 g/mol. The highest BCUT2D eigenvalue weighted by Gasteiger charge is 1.98. The smallest absolute Gasteiger partial charge is 0.330 e. The lowest BCUT2D eigenvalue weighted by Crippen LogP contribution is -1.94. The number of anilines is 1. The van der Waals surface area contributed by atoms with Gasteiger partial charge in [0.2, 0.25) is 0 Å². The van der Waals surface area contributed by atoms with Crippen LogP contribution in [-0.4, -0.2) is 13.1 Å². The van der Waals surface area contributed by atoms with Crippen molar-refractivity contribution < 1.29 is 9.53 Å². The fourth-order valence-electron chi connectivity index (χ4n) is 1.01. The van der Waals surface area contributed by atoms with Crippen LogP contribution in [0, 0.1) is 11.3 Å². The molecule has 0 saturated carbocycles. The summed E-state index contributed by atoms with van der Waals surface area (Å²) in [7, 11) is 1.30. The molecule has 1 aromatic carbocycles. The van der Waals surface area contributed by atoms with Gasteiger partial charge in [-0.2, -0.15) is 5.26 Å². The number of ether oxygens (including phenoxy) is 1. The van der Waals surface area contributed by atoms with Gasteiger partial charge in [0, 0.05) is 11.8 Å². The third kappa shape index (κ3) is 2.85. The number of nitrogens with zero attached hydrogens (tertiary/aromatic N) is 1. The van der Waals surface area contributed by atoms with Crippen LogP contribution >= 0.6 is 0 Å². The van der Waals surface area contributed by atoms with E-state index in [4.69, 9.17) is 11.0 Å². The maximum Gasteiger partial charge on any atom is 0.330 e. The predicted octanol–water partition coefficient (Wildman–Crippen LogP) is 1.33. The minimum Gasteiger partial charge on any atom is -0.466 e. The molecule has 0 fully saturated rings. The van der Waals surface area contributed by atoms with Gasteiger partial charge in [-0.1, -0.05) is 6.07 Å². The molecule has 4 heteroatoms. The number of carbonyl (C=O) groups excluding carboxylic acids is 1. The van der Waals surface area contributed by atoms with Crippen LogP contribution in [-0.2, 0) is 9.53 Å². The van der Waals surface area contributed by atoms with Gasteiger partial charge in [-0.25, -0.2) is 4.79 Å². The van der Waals surface area contributed by atoms with E-state index in [1.165, 1.54) is 13.2 Å². The van der Waals surface area contributed by atoms with Gasteiger partial charge in [-0.05, 0) is 23.8 Å². The minimum absolute atomic E-state index is 0.391. The first kappa shape index (κ1) is 10.8. The van der Waals surface area contributed by atoms with Crippen LogP contribution in [0.4, 0.5) is 5.69 Å². The largest absolute Gasteiger partial charge is 0.466 e. The van der Waals surface area contributed by atoms with Gasteiger partial charge in [0.25, 0.3) is 0 Å². The van der Waals surface area contributed by atoms with E-state index in [0.29, 0.717) is 11.3 Å². The Morgan fingerprint density at radius 3 is 2.93 bits per heavy atom.